The van der Waals surface area contributed by atoms with Gasteiger partial charge in [-0.25, -0.2) is 4.79 Å². The molecule has 3 N–H and O–H groups in total. The van der Waals surface area contributed by atoms with Crippen LogP contribution in [-0.2, 0) is 9.59 Å². The van der Waals surface area contributed by atoms with Gasteiger partial charge in [-0.1, -0.05) is 49.4 Å². The molecule has 0 saturated carbocycles. The fraction of sp³-hybridized carbons (Fsp3) is 0.318. The molecule has 0 aliphatic carbocycles. The quantitative estimate of drug-likeness (QED) is 0.482. The van der Waals surface area contributed by atoms with Crippen molar-refractivity contribution in [3.05, 3.63) is 54.1 Å². The van der Waals surface area contributed by atoms with Crippen molar-refractivity contribution < 1.29 is 14.4 Å². The predicted molar refractivity (Wildman–Crippen MR) is 115 cm³/mol. The number of carbonyl (C=O) groups excluding carboxylic acids is 3. The van der Waals surface area contributed by atoms with Crippen LogP contribution in [0.5, 0.6) is 0 Å². The minimum absolute atomic E-state index is 0.0976. The van der Waals surface area contributed by atoms with E-state index < -0.39 is 17.5 Å². The van der Waals surface area contributed by atoms with Gasteiger partial charge in [0.1, 0.15) is 5.54 Å². The van der Waals surface area contributed by atoms with E-state index in [1.807, 2.05) is 24.5 Å². The molecule has 1 aliphatic rings. The molecule has 1 fully saturated rings. The zero-order valence-corrected chi connectivity index (χ0v) is 17.6. The van der Waals surface area contributed by atoms with Crippen molar-refractivity contribution >= 4 is 29.6 Å². The number of imide groups is 1. The second-order valence-corrected chi connectivity index (χ2v) is 8.29. The Hall–Kier alpha value is -2.80. The fourth-order valence-corrected chi connectivity index (χ4v) is 4.14. The molecule has 1 heterocycles. The first-order valence-electron chi connectivity index (χ1n) is 9.46. The Morgan fingerprint density at radius 3 is 2.48 bits per heavy atom. The summed E-state index contributed by atoms with van der Waals surface area (Å²) in [5, 5.41) is 7.56. The van der Waals surface area contributed by atoms with E-state index in [1.165, 1.54) is 10.5 Å². The zero-order valence-electron chi connectivity index (χ0n) is 16.7. The maximum absolute atomic E-state index is 12.3. The molecule has 0 radical (unpaired) electrons. The number of hydrogen-bond acceptors (Lipinski definition) is 4. The molecule has 2 unspecified atom stereocenters. The Morgan fingerprint density at radius 2 is 1.86 bits per heavy atom. The van der Waals surface area contributed by atoms with Gasteiger partial charge in [-0.05, 0) is 41.9 Å². The van der Waals surface area contributed by atoms with Crippen molar-refractivity contribution in [2.75, 3.05) is 12.8 Å². The smallest absolute Gasteiger partial charge is 0.322 e. The Bertz CT molecular complexity index is 932. The molecule has 4 amide bonds. The van der Waals surface area contributed by atoms with Crippen molar-refractivity contribution in [3.8, 4) is 11.1 Å². The van der Waals surface area contributed by atoms with Gasteiger partial charge in [0, 0.05) is 11.4 Å². The Labute approximate surface area is 174 Å². The van der Waals surface area contributed by atoms with Crippen molar-refractivity contribution in [1.82, 2.24) is 16.0 Å². The van der Waals surface area contributed by atoms with Crippen molar-refractivity contribution in [3.63, 3.8) is 0 Å². The molecule has 6 nitrogen and oxygen atoms in total. The molecule has 2 aromatic rings. The summed E-state index contributed by atoms with van der Waals surface area (Å²) >= 11 is 1.68. The van der Waals surface area contributed by atoms with Crippen LogP contribution in [-0.4, -0.2) is 36.2 Å². The van der Waals surface area contributed by atoms with E-state index in [2.05, 4.69) is 53.2 Å². The van der Waals surface area contributed by atoms with Gasteiger partial charge in [-0.3, -0.25) is 14.9 Å². The first kappa shape index (κ1) is 20.9. The van der Waals surface area contributed by atoms with Crippen LogP contribution in [0.2, 0.25) is 0 Å². The van der Waals surface area contributed by atoms with Crippen LogP contribution in [0.1, 0.15) is 31.7 Å². The number of thioether (sulfide) groups is 1. The molecule has 0 aromatic heterocycles. The molecule has 7 heteroatoms. The molecule has 1 saturated heterocycles. The maximum atomic E-state index is 12.3. The topological polar surface area (TPSA) is 87.3 Å². The molecule has 0 bridgehead atoms. The van der Waals surface area contributed by atoms with Gasteiger partial charge in [-0.2, -0.15) is 0 Å². The van der Waals surface area contributed by atoms with Crippen LogP contribution in [0.15, 0.2) is 53.4 Å². The lowest BCUT2D eigenvalue weighted by Crippen LogP contribution is -2.47. The summed E-state index contributed by atoms with van der Waals surface area (Å²) in [6, 6.07) is 16.0. The summed E-state index contributed by atoms with van der Waals surface area (Å²) in [5.41, 5.74) is 2.29. The Morgan fingerprint density at radius 1 is 1.14 bits per heavy atom. The third kappa shape index (κ3) is 4.79. The highest BCUT2D eigenvalue weighted by Crippen LogP contribution is 2.31. The van der Waals surface area contributed by atoms with Crippen LogP contribution >= 0.6 is 11.8 Å². The van der Waals surface area contributed by atoms with Gasteiger partial charge in [0.2, 0.25) is 5.91 Å². The molecule has 29 heavy (non-hydrogen) atoms. The van der Waals surface area contributed by atoms with Crippen LogP contribution in [0, 0.1) is 0 Å². The number of carbonyl (C=O) groups is 3. The average molecular weight is 412 g/mol. The molecule has 2 atom stereocenters. The molecular formula is C22H25N3O3S. The van der Waals surface area contributed by atoms with Gasteiger partial charge in [-0.15, -0.1) is 11.8 Å². The lowest BCUT2D eigenvalue weighted by Gasteiger charge is -2.21. The highest BCUT2D eigenvalue weighted by molar-refractivity contribution is 7.98. The summed E-state index contributed by atoms with van der Waals surface area (Å²) in [5.74, 6) is -0.652. The average Bonchev–Trinajstić information content (AvgIpc) is 2.97. The Kier molecular flexibility index (Phi) is 6.27. The van der Waals surface area contributed by atoms with Gasteiger partial charge in [0.25, 0.3) is 5.91 Å². The van der Waals surface area contributed by atoms with Gasteiger partial charge >= 0.3 is 6.03 Å². The van der Waals surface area contributed by atoms with E-state index in [9.17, 15) is 14.4 Å². The monoisotopic (exact) mass is 411 g/mol. The molecular weight excluding hydrogens is 386 g/mol. The van der Waals surface area contributed by atoms with E-state index in [0.717, 1.165) is 11.1 Å². The second kappa shape index (κ2) is 8.69. The molecule has 3 rings (SSSR count). The summed E-state index contributed by atoms with van der Waals surface area (Å²) in [6.45, 7) is 4.05. The molecule has 1 aliphatic heterocycles. The number of benzene rings is 2. The lowest BCUT2D eigenvalue weighted by molar-refractivity contribution is -0.129. The molecule has 152 valence electrons. The number of nitrogens with one attached hydrogen (secondary N) is 3. The van der Waals surface area contributed by atoms with Crippen LogP contribution in [0.4, 0.5) is 4.79 Å². The zero-order chi connectivity index (χ0) is 21.0. The minimum atomic E-state index is -1.20. The normalized spacial score (nSPS) is 19.4. The third-order valence-electron chi connectivity index (χ3n) is 5.11. The van der Waals surface area contributed by atoms with Crippen LogP contribution in [0.3, 0.4) is 0 Å². The van der Waals surface area contributed by atoms with Gasteiger partial charge in [0.05, 0.1) is 6.42 Å². The van der Waals surface area contributed by atoms with E-state index in [1.54, 1.807) is 18.7 Å². The van der Waals surface area contributed by atoms with Gasteiger partial charge in [0.15, 0.2) is 0 Å². The van der Waals surface area contributed by atoms with E-state index >= 15 is 0 Å². The number of hydrogen-bond donors (Lipinski definition) is 3. The first-order valence-corrected chi connectivity index (χ1v) is 10.7. The SMILES string of the molecule is CSc1cc(-c2ccccc2)ccc1C(C)CNC(=O)CC1(C)NC(=O)NC1=O. The number of rotatable bonds is 7. The fourth-order valence-electron chi connectivity index (χ4n) is 3.39. The van der Waals surface area contributed by atoms with Gasteiger partial charge < -0.3 is 10.6 Å². The number of amides is 4. The van der Waals surface area contributed by atoms with E-state index in [0.29, 0.717) is 6.54 Å². The first-order chi connectivity index (χ1) is 13.8. The minimum Gasteiger partial charge on any atom is -0.355 e. The molecule has 0 spiro atoms. The summed E-state index contributed by atoms with van der Waals surface area (Å²) < 4.78 is 0. The lowest BCUT2D eigenvalue weighted by atomic mass is 9.96. The standard InChI is InChI=1S/C22H25N3O3S/c1-14(13-23-19(26)12-22(2)20(27)24-21(28)25-22)17-10-9-16(11-18(17)29-3)15-7-5-4-6-8-15/h4-11,14H,12-13H2,1-3H3,(H,23,26)(H2,24,25,27,28). The molecule has 2 aromatic carbocycles. The second-order valence-electron chi connectivity index (χ2n) is 7.45. The summed E-state index contributed by atoms with van der Waals surface area (Å²) in [6.07, 6.45) is 1.95. The summed E-state index contributed by atoms with van der Waals surface area (Å²) in [4.78, 5) is 36.7. The third-order valence-corrected chi connectivity index (χ3v) is 5.90. The van der Waals surface area contributed by atoms with E-state index in [4.69, 9.17) is 0 Å². The maximum Gasteiger partial charge on any atom is 0.322 e. The van der Waals surface area contributed by atoms with Crippen molar-refractivity contribution in [1.29, 1.82) is 0 Å². The highest BCUT2D eigenvalue weighted by atomic mass is 32.2. The van der Waals surface area contributed by atoms with Crippen LogP contribution in [0.25, 0.3) is 11.1 Å². The summed E-state index contributed by atoms with van der Waals surface area (Å²) in [7, 11) is 0. The predicted octanol–water partition coefficient (Wildman–Crippen LogP) is 3.28. The van der Waals surface area contributed by atoms with Crippen molar-refractivity contribution in [2.45, 2.75) is 36.6 Å². The number of urea groups is 1. The van der Waals surface area contributed by atoms with Crippen molar-refractivity contribution in [2.24, 2.45) is 0 Å². The van der Waals surface area contributed by atoms with E-state index in [-0.39, 0.29) is 18.2 Å². The van der Waals surface area contributed by atoms with Crippen LogP contribution < -0.4 is 16.0 Å². The Balaban J connectivity index is 1.64. The largest absolute Gasteiger partial charge is 0.355 e. The highest BCUT2D eigenvalue weighted by Gasteiger charge is 2.43.